The van der Waals surface area contributed by atoms with Gasteiger partial charge in [-0.15, -0.1) is 0 Å². The summed E-state index contributed by atoms with van der Waals surface area (Å²) >= 11 is 0. The van der Waals surface area contributed by atoms with Crippen LogP contribution in [0, 0.1) is 6.92 Å². The fraction of sp³-hybridized carbons (Fsp3) is 0.0952. The molecule has 0 aliphatic heterocycles. The first-order valence-electron chi connectivity index (χ1n) is 7.78. The molecule has 3 heteroatoms. The fourth-order valence-corrected chi connectivity index (χ4v) is 2.43. The monoisotopic (exact) mass is 317 g/mol. The molecule has 0 unspecified atom stereocenters. The Hall–Kier alpha value is -3.07. The molecule has 0 aliphatic rings. The number of nitrogens with zero attached hydrogens (tertiary/aromatic N) is 1. The molecule has 3 rings (SSSR count). The van der Waals surface area contributed by atoms with Gasteiger partial charge in [0.25, 0.3) is 0 Å². The number of hydrogen-bond donors (Lipinski definition) is 0. The summed E-state index contributed by atoms with van der Waals surface area (Å²) in [6.07, 6.45) is 0. The first-order chi connectivity index (χ1) is 11.8. The Morgan fingerprint density at radius 3 is 2.17 bits per heavy atom. The lowest BCUT2D eigenvalue weighted by Gasteiger charge is -2.13. The first kappa shape index (κ1) is 15.8. The smallest absolute Gasteiger partial charge is 0.136 e. The average molecular weight is 317 g/mol. The Balaban J connectivity index is 2.01. The molecule has 0 heterocycles. The molecular formula is C21H19NO2. The van der Waals surface area contributed by atoms with Crippen molar-refractivity contribution in [3.05, 3.63) is 95.6 Å². The first-order valence-corrected chi connectivity index (χ1v) is 7.78. The molecule has 0 amide bonds. The fourth-order valence-electron chi connectivity index (χ4n) is 2.43. The van der Waals surface area contributed by atoms with Crippen LogP contribution in [-0.2, 0) is 4.84 Å². The van der Waals surface area contributed by atoms with Crippen LogP contribution in [0.2, 0.25) is 0 Å². The van der Waals surface area contributed by atoms with Crippen LogP contribution in [0.5, 0.6) is 11.5 Å². The molecule has 0 bridgehead atoms. The van der Waals surface area contributed by atoms with E-state index in [0.717, 1.165) is 28.3 Å². The standard InChI is InChI=1S/C21H19NO2/c1-16-12-14-18(15-13-16)24-20-11-7-6-10-19(20)21(22-23-2)17-8-4-3-5-9-17/h3-15H,1-2H3/b22-21+. The van der Waals surface area contributed by atoms with Gasteiger partial charge in [-0.1, -0.05) is 65.3 Å². The van der Waals surface area contributed by atoms with Crippen LogP contribution in [0.1, 0.15) is 16.7 Å². The molecule has 0 N–H and O–H groups in total. The molecule has 3 aromatic carbocycles. The maximum Gasteiger partial charge on any atom is 0.136 e. The molecule has 3 aromatic rings. The summed E-state index contributed by atoms with van der Waals surface area (Å²) in [6, 6.07) is 25.7. The molecule has 0 saturated heterocycles. The molecule has 0 aromatic heterocycles. The van der Waals surface area contributed by atoms with Gasteiger partial charge in [0.2, 0.25) is 0 Å². The highest BCUT2D eigenvalue weighted by Crippen LogP contribution is 2.28. The van der Waals surface area contributed by atoms with E-state index in [1.54, 1.807) is 7.11 Å². The summed E-state index contributed by atoms with van der Waals surface area (Å²) < 4.78 is 6.08. The number of benzene rings is 3. The summed E-state index contributed by atoms with van der Waals surface area (Å²) in [5.74, 6) is 1.53. The van der Waals surface area contributed by atoms with Crippen molar-refractivity contribution >= 4 is 5.71 Å². The van der Waals surface area contributed by atoms with Gasteiger partial charge in [-0.2, -0.15) is 0 Å². The van der Waals surface area contributed by atoms with Crippen molar-refractivity contribution in [2.45, 2.75) is 6.92 Å². The molecule has 3 nitrogen and oxygen atoms in total. The van der Waals surface area contributed by atoms with E-state index in [0.29, 0.717) is 0 Å². The highest BCUT2D eigenvalue weighted by molar-refractivity contribution is 6.14. The zero-order valence-corrected chi connectivity index (χ0v) is 13.8. The summed E-state index contributed by atoms with van der Waals surface area (Å²) in [7, 11) is 1.55. The Labute approximate surface area is 142 Å². The van der Waals surface area contributed by atoms with Crippen molar-refractivity contribution in [1.29, 1.82) is 0 Å². The summed E-state index contributed by atoms with van der Waals surface area (Å²) in [5.41, 5.74) is 3.78. The zero-order chi connectivity index (χ0) is 16.8. The lowest BCUT2D eigenvalue weighted by molar-refractivity contribution is 0.214. The van der Waals surface area contributed by atoms with Crippen molar-refractivity contribution in [2.75, 3.05) is 7.11 Å². The number of para-hydroxylation sites is 1. The molecule has 24 heavy (non-hydrogen) atoms. The molecule has 0 spiro atoms. The van der Waals surface area contributed by atoms with Crippen LogP contribution in [0.25, 0.3) is 0 Å². The highest BCUT2D eigenvalue weighted by Gasteiger charge is 2.14. The van der Waals surface area contributed by atoms with Gasteiger partial charge in [0.1, 0.15) is 24.3 Å². The van der Waals surface area contributed by atoms with Gasteiger partial charge in [-0.05, 0) is 31.2 Å². The minimum Gasteiger partial charge on any atom is -0.457 e. The normalized spacial score (nSPS) is 11.2. The van der Waals surface area contributed by atoms with Crippen LogP contribution in [0.3, 0.4) is 0 Å². The lowest BCUT2D eigenvalue weighted by Crippen LogP contribution is -2.06. The second-order valence-electron chi connectivity index (χ2n) is 5.40. The Bertz CT molecular complexity index is 824. The Kier molecular flexibility index (Phi) is 4.92. The van der Waals surface area contributed by atoms with E-state index in [-0.39, 0.29) is 0 Å². The molecule has 120 valence electrons. The third-order valence-electron chi connectivity index (χ3n) is 3.62. The van der Waals surface area contributed by atoms with Crippen LogP contribution < -0.4 is 4.74 Å². The second-order valence-corrected chi connectivity index (χ2v) is 5.40. The number of oxime groups is 1. The Morgan fingerprint density at radius 1 is 0.792 bits per heavy atom. The van der Waals surface area contributed by atoms with Gasteiger partial charge >= 0.3 is 0 Å². The predicted molar refractivity (Wildman–Crippen MR) is 96.8 cm³/mol. The van der Waals surface area contributed by atoms with Gasteiger partial charge in [0.05, 0.1) is 0 Å². The molecule has 0 saturated carbocycles. The van der Waals surface area contributed by atoms with Gasteiger partial charge in [-0.3, -0.25) is 0 Å². The Morgan fingerprint density at radius 2 is 1.46 bits per heavy atom. The van der Waals surface area contributed by atoms with Crippen molar-refractivity contribution in [2.24, 2.45) is 5.16 Å². The van der Waals surface area contributed by atoms with E-state index >= 15 is 0 Å². The van der Waals surface area contributed by atoms with Crippen LogP contribution in [0.4, 0.5) is 0 Å². The van der Waals surface area contributed by atoms with Crippen molar-refractivity contribution in [1.82, 2.24) is 0 Å². The predicted octanol–water partition coefficient (Wildman–Crippen LogP) is 5.19. The van der Waals surface area contributed by atoms with E-state index in [1.807, 2.05) is 78.9 Å². The summed E-state index contributed by atoms with van der Waals surface area (Å²) in [5, 5.41) is 4.22. The van der Waals surface area contributed by atoms with Gasteiger partial charge in [-0.25, -0.2) is 0 Å². The minimum absolute atomic E-state index is 0.737. The number of rotatable bonds is 5. The molecule has 0 fully saturated rings. The van der Waals surface area contributed by atoms with Crippen LogP contribution in [0.15, 0.2) is 84.0 Å². The second kappa shape index (κ2) is 7.47. The highest BCUT2D eigenvalue weighted by atomic mass is 16.6. The minimum atomic E-state index is 0.737. The number of hydrogen-bond acceptors (Lipinski definition) is 3. The lowest BCUT2D eigenvalue weighted by atomic mass is 10.0. The van der Waals surface area contributed by atoms with Crippen molar-refractivity contribution < 1.29 is 9.57 Å². The van der Waals surface area contributed by atoms with E-state index < -0.39 is 0 Å². The van der Waals surface area contributed by atoms with Crippen LogP contribution >= 0.6 is 0 Å². The third kappa shape index (κ3) is 3.63. The van der Waals surface area contributed by atoms with E-state index in [2.05, 4.69) is 12.1 Å². The van der Waals surface area contributed by atoms with Crippen LogP contribution in [-0.4, -0.2) is 12.8 Å². The molecule has 0 aliphatic carbocycles. The molecular weight excluding hydrogens is 298 g/mol. The maximum absolute atomic E-state index is 6.08. The van der Waals surface area contributed by atoms with E-state index in [9.17, 15) is 0 Å². The quantitative estimate of drug-likeness (QED) is 0.479. The largest absolute Gasteiger partial charge is 0.457 e. The van der Waals surface area contributed by atoms with E-state index in [4.69, 9.17) is 9.57 Å². The SMILES string of the molecule is CO/N=C(\c1ccccc1)c1ccccc1Oc1ccc(C)cc1. The number of ether oxygens (including phenoxy) is 1. The third-order valence-corrected chi connectivity index (χ3v) is 3.62. The average Bonchev–Trinajstić information content (AvgIpc) is 2.63. The maximum atomic E-state index is 6.08. The van der Waals surface area contributed by atoms with Gasteiger partial charge in [0, 0.05) is 11.1 Å². The van der Waals surface area contributed by atoms with Gasteiger partial charge < -0.3 is 9.57 Å². The summed E-state index contributed by atoms with van der Waals surface area (Å²) in [6.45, 7) is 2.05. The molecule has 0 radical (unpaired) electrons. The van der Waals surface area contributed by atoms with Gasteiger partial charge in [0.15, 0.2) is 0 Å². The zero-order valence-electron chi connectivity index (χ0n) is 13.8. The van der Waals surface area contributed by atoms with E-state index in [1.165, 1.54) is 5.56 Å². The van der Waals surface area contributed by atoms with Crippen molar-refractivity contribution in [3.63, 3.8) is 0 Å². The topological polar surface area (TPSA) is 30.8 Å². The number of aryl methyl sites for hydroxylation is 1. The molecule has 0 atom stereocenters. The van der Waals surface area contributed by atoms with Crippen molar-refractivity contribution in [3.8, 4) is 11.5 Å². The summed E-state index contributed by atoms with van der Waals surface area (Å²) in [4.78, 5) is 5.07.